The van der Waals surface area contributed by atoms with Crippen molar-refractivity contribution in [3.05, 3.63) is 22.2 Å². The van der Waals surface area contributed by atoms with Gasteiger partial charge in [0.2, 0.25) is 11.8 Å². The van der Waals surface area contributed by atoms with Gasteiger partial charge in [-0.15, -0.1) is 0 Å². The van der Waals surface area contributed by atoms with Gasteiger partial charge in [0.05, 0.1) is 12.0 Å². The molecule has 1 saturated heterocycles. The maximum Gasteiger partial charge on any atom is 0.353 e. The number of carboxylic acids is 1. The Hall–Kier alpha value is -0.410. The molecule has 24 heavy (non-hydrogen) atoms. The fourth-order valence-electron chi connectivity index (χ4n) is 2.96. The van der Waals surface area contributed by atoms with Crippen LogP contribution in [0.3, 0.4) is 0 Å². The number of aliphatic carboxylic acids is 1. The van der Waals surface area contributed by atoms with Crippen molar-refractivity contribution in [1.82, 2.24) is 10.2 Å². The number of hydrogen-bond donors (Lipinski definition) is 2. The van der Waals surface area contributed by atoms with Gasteiger partial charge in [-0.05, 0) is 11.2 Å². The van der Waals surface area contributed by atoms with Crippen LogP contribution in [0.15, 0.2) is 22.2 Å². The number of amides is 2. The molecule has 3 atom stereocenters. The predicted octanol–water partition coefficient (Wildman–Crippen LogP) is 1.61. The van der Waals surface area contributed by atoms with E-state index in [4.69, 9.17) is 0 Å². The van der Waals surface area contributed by atoms with E-state index in [0.717, 1.165) is 5.75 Å². The monoisotopic (exact) mass is 379 g/mol. The van der Waals surface area contributed by atoms with Gasteiger partial charge < -0.3 is 15.3 Å². The number of carboxylic acid groups (broad SMARTS) is 1. The molecule has 1 radical (unpaired) electrons. The number of nitrogens with zero attached hydrogens (tertiary/aromatic N) is 1. The summed E-state index contributed by atoms with van der Waals surface area (Å²) < 4.78 is 0. The van der Waals surface area contributed by atoms with Crippen molar-refractivity contribution in [3.63, 3.8) is 0 Å². The van der Waals surface area contributed by atoms with E-state index in [1.165, 1.54) is 29.8 Å². The standard InChI is InChI=1S/C15H20N2O4S2.Na/c1-4-22-8(2)12-10-7-11(23-6-5-16-9(3)18)13(15(20)21)17(10)14(12)19;/h5-6,8,10,12H,4,7H2,1-3H3,(H,16,18)(H,20,21);/b6-5+;/t8-,10+,12+;/m0./s1. The van der Waals surface area contributed by atoms with E-state index >= 15 is 0 Å². The minimum atomic E-state index is -1.08. The summed E-state index contributed by atoms with van der Waals surface area (Å²) in [5.74, 6) is -0.553. The Balaban J connectivity index is 0.00000288. The fourth-order valence-corrected chi connectivity index (χ4v) is 4.85. The second-order valence-electron chi connectivity index (χ2n) is 5.36. The molecule has 1 fully saturated rings. The molecule has 9 heteroatoms. The van der Waals surface area contributed by atoms with Crippen molar-refractivity contribution in [1.29, 1.82) is 0 Å². The first-order valence-electron chi connectivity index (χ1n) is 7.38. The van der Waals surface area contributed by atoms with Crippen LogP contribution in [-0.4, -0.2) is 74.4 Å². The molecule has 127 valence electrons. The molecule has 0 aromatic heterocycles. The van der Waals surface area contributed by atoms with Gasteiger partial charge in [0.1, 0.15) is 5.70 Å². The predicted molar refractivity (Wildman–Crippen MR) is 97.3 cm³/mol. The molecule has 0 saturated carbocycles. The Morgan fingerprint density at radius 1 is 1.50 bits per heavy atom. The topological polar surface area (TPSA) is 86.7 Å². The average Bonchev–Trinajstić information content (AvgIpc) is 2.78. The Morgan fingerprint density at radius 2 is 2.17 bits per heavy atom. The van der Waals surface area contributed by atoms with Crippen LogP contribution in [0, 0.1) is 5.92 Å². The van der Waals surface area contributed by atoms with Crippen LogP contribution in [0.4, 0.5) is 0 Å². The van der Waals surface area contributed by atoms with Crippen molar-refractivity contribution >= 4 is 70.9 Å². The molecule has 2 rings (SSSR count). The molecule has 0 aromatic rings. The number of hydrogen-bond acceptors (Lipinski definition) is 5. The van der Waals surface area contributed by atoms with Gasteiger partial charge in [0, 0.05) is 59.3 Å². The van der Waals surface area contributed by atoms with Crippen molar-refractivity contribution in [2.24, 2.45) is 5.92 Å². The van der Waals surface area contributed by atoms with Gasteiger partial charge in [-0.3, -0.25) is 9.59 Å². The summed E-state index contributed by atoms with van der Waals surface area (Å²) in [6, 6.07) is -0.0562. The second-order valence-corrected chi connectivity index (χ2v) is 8.02. The molecular formula is C15H20N2NaO4S2. The fraction of sp³-hybridized carbons (Fsp3) is 0.533. The van der Waals surface area contributed by atoms with Crippen molar-refractivity contribution in [2.45, 2.75) is 38.5 Å². The summed E-state index contributed by atoms with van der Waals surface area (Å²) in [5, 5.41) is 13.8. The Bertz CT molecular complexity index is 594. The molecule has 2 aliphatic heterocycles. The maximum atomic E-state index is 12.4. The molecule has 0 bridgehead atoms. The third kappa shape index (κ3) is 4.40. The van der Waals surface area contributed by atoms with Crippen LogP contribution in [-0.2, 0) is 14.4 Å². The van der Waals surface area contributed by atoms with E-state index in [0.29, 0.717) is 11.3 Å². The number of fused-ring (bicyclic) bond motifs is 1. The van der Waals surface area contributed by atoms with Crippen LogP contribution in [0.1, 0.15) is 27.2 Å². The second kappa shape index (κ2) is 9.33. The zero-order valence-electron chi connectivity index (χ0n) is 14.2. The Kier molecular flexibility index (Phi) is 8.41. The van der Waals surface area contributed by atoms with Crippen molar-refractivity contribution < 1.29 is 19.5 Å². The molecule has 2 aliphatic rings. The zero-order valence-corrected chi connectivity index (χ0v) is 17.9. The van der Waals surface area contributed by atoms with Crippen LogP contribution >= 0.6 is 23.5 Å². The van der Waals surface area contributed by atoms with E-state index in [2.05, 4.69) is 5.32 Å². The smallest absolute Gasteiger partial charge is 0.353 e. The average molecular weight is 379 g/mol. The maximum absolute atomic E-state index is 12.4. The molecule has 0 aromatic carbocycles. The molecule has 6 nitrogen and oxygen atoms in total. The molecular weight excluding hydrogens is 359 g/mol. The van der Waals surface area contributed by atoms with Gasteiger partial charge in [-0.1, -0.05) is 25.6 Å². The summed E-state index contributed by atoms with van der Waals surface area (Å²) >= 11 is 2.96. The van der Waals surface area contributed by atoms with E-state index in [1.807, 2.05) is 13.8 Å². The minimum Gasteiger partial charge on any atom is -0.477 e. The van der Waals surface area contributed by atoms with Crippen LogP contribution in [0.25, 0.3) is 0 Å². The molecule has 0 spiro atoms. The van der Waals surface area contributed by atoms with Crippen molar-refractivity contribution in [3.8, 4) is 0 Å². The van der Waals surface area contributed by atoms with Crippen molar-refractivity contribution in [2.75, 3.05) is 5.75 Å². The number of carbonyl (C=O) groups excluding carboxylic acids is 2. The van der Waals surface area contributed by atoms with E-state index in [1.54, 1.807) is 17.2 Å². The van der Waals surface area contributed by atoms with E-state index in [9.17, 15) is 19.5 Å². The largest absolute Gasteiger partial charge is 0.477 e. The number of rotatable bonds is 7. The van der Waals surface area contributed by atoms with Crippen LogP contribution in [0.5, 0.6) is 0 Å². The summed E-state index contributed by atoms with van der Waals surface area (Å²) in [6.07, 6.45) is 2.03. The molecule has 0 aliphatic carbocycles. The summed E-state index contributed by atoms with van der Waals surface area (Å²) in [5.41, 5.74) is 0.0856. The third-order valence-corrected chi connectivity index (χ3v) is 5.94. The molecule has 2 amide bonds. The molecule has 2 N–H and O–H groups in total. The SMILES string of the molecule is CCS[C@@H](C)[C@H]1C(=O)N2C(C(=O)O)=C(S/C=C/NC(C)=O)C[C@H]12.[Na]. The number of β-lactam (4-membered cyclic amide) rings is 1. The quantitative estimate of drug-likeness (QED) is 0.516. The third-order valence-electron chi connectivity index (χ3n) is 3.87. The number of nitrogens with one attached hydrogen (secondary N) is 1. The number of carbonyl (C=O) groups is 3. The first kappa shape index (κ1) is 21.6. The summed E-state index contributed by atoms with van der Waals surface area (Å²) in [4.78, 5) is 36.8. The first-order chi connectivity index (χ1) is 10.9. The molecule has 2 heterocycles. The summed E-state index contributed by atoms with van der Waals surface area (Å²) in [6.45, 7) is 5.47. The van der Waals surface area contributed by atoms with Crippen LogP contribution in [0.2, 0.25) is 0 Å². The molecule has 0 unspecified atom stereocenters. The Morgan fingerprint density at radius 3 is 2.71 bits per heavy atom. The normalized spacial score (nSPS) is 23.6. The van der Waals surface area contributed by atoms with Gasteiger partial charge in [-0.25, -0.2) is 4.79 Å². The summed E-state index contributed by atoms with van der Waals surface area (Å²) in [7, 11) is 0. The van der Waals surface area contributed by atoms with Crippen LogP contribution < -0.4 is 5.32 Å². The first-order valence-corrected chi connectivity index (χ1v) is 9.31. The minimum absolute atomic E-state index is 0. The van der Waals surface area contributed by atoms with Gasteiger partial charge >= 0.3 is 5.97 Å². The van der Waals surface area contributed by atoms with E-state index < -0.39 is 5.97 Å². The van der Waals surface area contributed by atoms with Gasteiger partial charge in [-0.2, -0.15) is 11.8 Å². The Labute approximate surface area is 172 Å². The van der Waals surface area contributed by atoms with E-state index in [-0.39, 0.29) is 64.3 Å². The number of thioether (sulfide) groups is 2. The van der Waals surface area contributed by atoms with Gasteiger partial charge in [0.15, 0.2) is 0 Å². The van der Waals surface area contributed by atoms with Gasteiger partial charge in [0.25, 0.3) is 0 Å². The zero-order chi connectivity index (χ0) is 17.1.